The fraction of sp³-hybridized carbons (Fsp3) is 0.400. The van der Waals surface area contributed by atoms with Gasteiger partial charge in [0.25, 0.3) is 0 Å². The second kappa shape index (κ2) is 9.93. The second-order valence-electron chi connectivity index (χ2n) is 10.1. The van der Waals surface area contributed by atoms with Gasteiger partial charge in [0, 0.05) is 23.6 Å². The van der Waals surface area contributed by atoms with Crippen molar-refractivity contribution in [2.45, 2.75) is 63.8 Å². The molecule has 0 aliphatic carbocycles. The van der Waals surface area contributed by atoms with Gasteiger partial charge in [-0.3, -0.25) is 0 Å². The van der Waals surface area contributed by atoms with Crippen LogP contribution in [0.5, 0.6) is 5.75 Å². The third-order valence-electron chi connectivity index (χ3n) is 7.59. The summed E-state index contributed by atoms with van der Waals surface area (Å²) < 4.78 is 14.4. The van der Waals surface area contributed by atoms with Crippen LogP contribution >= 0.6 is 0 Å². The Hall–Kier alpha value is -3.40. The van der Waals surface area contributed by atoms with Crippen molar-refractivity contribution in [3.05, 3.63) is 60.2 Å². The lowest BCUT2D eigenvalue weighted by molar-refractivity contribution is -0.0365. The summed E-state index contributed by atoms with van der Waals surface area (Å²) in [6, 6.07) is 21.2. The Morgan fingerprint density at radius 2 is 1.89 bits per heavy atom. The van der Waals surface area contributed by atoms with E-state index < -0.39 is 0 Å². The van der Waals surface area contributed by atoms with E-state index >= 15 is 0 Å². The zero-order valence-corrected chi connectivity index (χ0v) is 20.7. The zero-order valence-electron chi connectivity index (χ0n) is 20.7. The van der Waals surface area contributed by atoms with Crippen molar-refractivity contribution in [3.8, 4) is 23.1 Å². The zero-order chi connectivity index (χ0) is 24.5. The van der Waals surface area contributed by atoms with E-state index in [4.69, 9.17) is 14.6 Å². The molecule has 2 aliphatic heterocycles. The first-order valence-electron chi connectivity index (χ1n) is 13.2. The molecule has 2 saturated heterocycles. The minimum atomic E-state index is -0.0660. The lowest BCUT2D eigenvalue weighted by atomic mass is 10.0. The summed E-state index contributed by atoms with van der Waals surface area (Å²) >= 11 is 0. The highest BCUT2D eigenvalue weighted by atomic mass is 16.5. The number of fused-ring (bicyclic) bond motifs is 2. The van der Waals surface area contributed by atoms with Crippen molar-refractivity contribution < 1.29 is 9.47 Å². The molecule has 0 bridgehead atoms. The van der Waals surface area contributed by atoms with Crippen molar-refractivity contribution in [1.82, 2.24) is 15.1 Å². The topological polar surface area (TPSA) is 72.1 Å². The molecule has 4 aromatic rings. The molecule has 2 aliphatic rings. The highest BCUT2D eigenvalue weighted by Crippen LogP contribution is 2.35. The molecule has 3 unspecified atom stereocenters. The fourth-order valence-electron chi connectivity index (χ4n) is 5.58. The van der Waals surface area contributed by atoms with E-state index in [1.165, 1.54) is 12.8 Å². The SMILES string of the molecule is CC(Oc1ccc2cc(-c3nn(C4CCCCO4)c4ccc(C#N)cc34)ccc2c1)C1CCCCN1. The van der Waals surface area contributed by atoms with Crippen molar-refractivity contribution in [2.24, 2.45) is 0 Å². The van der Waals surface area contributed by atoms with Gasteiger partial charge in [-0.1, -0.05) is 24.6 Å². The molecule has 6 rings (SSSR count). The Morgan fingerprint density at radius 3 is 2.69 bits per heavy atom. The molecule has 1 N–H and O–H groups in total. The van der Waals surface area contributed by atoms with Gasteiger partial charge in [-0.05, 0) is 92.7 Å². The molecular formula is C30H32N4O2. The van der Waals surface area contributed by atoms with Gasteiger partial charge in [0.05, 0.1) is 17.1 Å². The molecular weight excluding hydrogens is 448 g/mol. The Balaban J connectivity index is 1.33. The number of piperidine rings is 1. The molecule has 2 fully saturated rings. The Kier molecular flexibility index (Phi) is 6.35. The van der Waals surface area contributed by atoms with Gasteiger partial charge < -0.3 is 14.8 Å². The van der Waals surface area contributed by atoms with E-state index in [0.717, 1.165) is 77.5 Å². The number of rotatable bonds is 5. The van der Waals surface area contributed by atoms with Gasteiger partial charge in [0.1, 0.15) is 17.5 Å². The number of nitriles is 1. The van der Waals surface area contributed by atoms with E-state index in [2.05, 4.69) is 54.7 Å². The minimum absolute atomic E-state index is 0.0660. The summed E-state index contributed by atoms with van der Waals surface area (Å²) in [6.07, 6.45) is 6.92. The van der Waals surface area contributed by atoms with E-state index in [9.17, 15) is 5.26 Å². The van der Waals surface area contributed by atoms with Crippen LogP contribution in [0.4, 0.5) is 0 Å². The van der Waals surface area contributed by atoms with Crippen LogP contribution in [0.15, 0.2) is 54.6 Å². The van der Waals surface area contributed by atoms with Gasteiger partial charge >= 0.3 is 0 Å². The molecule has 0 radical (unpaired) electrons. The molecule has 3 aromatic carbocycles. The molecule has 0 spiro atoms. The number of hydrogen-bond acceptors (Lipinski definition) is 5. The van der Waals surface area contributed by atoms with Crippen LogP contribution in [0.3, 0.4) is 0 Å². The third-order valence-corrected chi connectivity index (χ3v) is 7.59. The van der Waals surface area contributed by atoms with E-state index in [1.54, 1.807) is 0 Å². The number of nitrogens with zero attached hydrogens (tertiary/aromatic N) is 3. The average molecular weight is 481 g/mol. The molecule has 6 nitrogen and oxygen atoms in total. The standard InChI is InChI=1S/C30H32N4O2/c1-20(27-6-2-4-14-32-27)36-25-12-11-22-17-24(10-9-23(22)18-25)30-26-16-21(19-31)8-13-28(26)34(33-30)29-7-3-5-15-35-29/h8-13,16-18,20,27,29,32H,2-7,14-15H2,1H3. The van der Waals surface area contributed by atoms with Crippen LogP contribution in [0.2, 0.25) is 0 Å². The first kappa shape index (κ1) is 23.0. The predicted molar refractivity (Wildman–Crippen MR) is 142 cm³/mol. The number of benzene rings is 3. The van der Waals surface area contributed by atoms with Crippen molar-refractivity contribution in [3.63, 3.8) is 0 Å². The van der Waals surface area contributed by atoms with E-state index in [-0.39, 0.29) is 12.3 Å². The predicted octanol–water partition coefficient (Wildman–Crippen LogP) is 6.34. The van der Waals surface area contributed by atoms with Gasteiger partial charge in [0.15, 0.2) is 6.23 Å². The van der Waals surface area contributed by atoms with Gasteiger partial charge in [-0.15, -0.1) is 0 Å². The monoisotopic (exact) mass is 480 g/mol. The molecule has 6 heteroatoms. The highest BCUT2D eigenvalue weighted by molar-refractivity contribution is 5.97. The van der Waals surface area contributed by atoms with Crippen molar-refractivity contribution in [1.29, 1.82) is 5.26 Å². The maximum atomic E-state index is 9.51. The van der Waals surface area contributed by atoms with Gasteiger partial charge in [0.2, 0.25) is 0 Å². The molecule has 1 aromatic heterocycles. The Bertz CT molecular complexity index is 1420. The smallest absolute Gasteiger partial charge is 0.150 e. The normalized spacial score (nSPS) is 21.3. The molecule has 0 saturated carbocycles. The number of hydrogen-bond donors (Lipinski definition) is 1. The van der Waals surface area contributed by atoms with Crippen LogP contribution < -0.4 is 10.1 Å². The first-order valence-corrected chi connectivity index (χ1v) is 13.2. The van der Waals surface area contributed by atoms with Crippen LogP contribution in [0.25, 0.3) is 32.9 Å². The molecule has 184 valence electrons. The van der Waals surface area contributed by atoms with Crippen LogP contribution in [-0.4, -0.2) is 35.1 Å². The van der Waals surface area contributed by atoms with Crippen molar-refractivity contribution in [2.75, 3.05) is 13.2 Å². The summed E-state index contributed by atoms with van der Waals surface area (Å²) in [7, 11) is 0. The largest absolute Gasteiger partial charge is 0.489 e. The highest BCUT2D eigenvalue weighted by Gasteiger charge is 2.23. The van der Waals surface area contributed by atoms with Crippen LogP contribution in [-0.2, 0) is 4.74 Å². The second-order valence-corrected chi connectivity index (χ2v) is 10.1. The fourth-order valence-corrected chi connectivity index (χ4v) is 5.58. The molecule has 3 atom stereocenters. The summed E-state index contributed by atoms with van der Waals surface area (Å²) in [5.41, 5.74) is 3.56. The lowest BCUT2D eigenvalue weighted by Gasteiger charge is -2.29. The molecule has 36 heavy (non-hydrogen) atoms. The maximum absolute atomic E-state index is 9.51. The first-order chi connectivity index (χ1) is 17.7. The summed E-state index contributed by atoms with van der Waals surface area (Å²) in [5.74, 6) is 0.901. The van der Waals surface area contributed by atoms with E-state index in [0.29, 0.717) is 11.6 Å². The number of aromatic nitrogens is 2. The van der Waals surface area contributed by atoms with Gasteiger partial charge in [-0.2, -0.15) is 10.4 Å². The molecule has 3 heterocycles. The quantitative estimate of drug-likeness (QED) is 0.361. The maximum Gasteiger partial charge on any atom is 0.150 e. The summed E-state index contributed by atoms with van der Waals surface area (Å²) in [4.78, 5) is 0. The number of nitrogens with one attached hydrogen (secondary N) is 1. The Labute approximate surface area is 211 Å². The van der Waals surface area contributed by atoms with Crippen LogP contribution in [0.1, 0.15) is 57.2 Å². The Morgan fingerprint density at radius 1 is 1.03 bits per heavy atom. The van der Waals surface area contributed by atoms with E-state index in [1.807, 2.05) is 22.9 Å². The third kappa shape index (κ3) is 4.45. The lowest BCUT2D eigenvalue weighted by Crippen LogP contribution is -2.44. The molecule has 0 amide bonds. The van der Waals surface area contributed by atoms with Gasteiger partial charge in [-0.25, -0.2) is 4.68 Å². The number of ether oxygens (including phenoxy) is 2. The van der Waals surface area contributed by atoms with Crippen molar-refractivity contribution >= 4 is 21.7 Å². The van der Waals surface area contributed by atoms with Crippen LogP contribution in [0, 0.1) is 11.3 Å². The summed E-state index contributed by atoms with van der Waals surface area (Å²) in [6.45, 7) is 3.99. The minimum Gasteiger partial charge on any atom is -0.489 e. The average Bonchev–Trinajstić information content (AvgIpc) is 3.32. The summed E-state index contributed by atoms with van der Waals surface area (Å²) in [5, 5.41) is 21.4.